The summed E-state index contributed by atoms with van der Waals surface area (Å²) in [4.78, 5) is 3.92. The second kappa shape index (κ2) is 9.11. The predicted octanol–water partition coefficient (Wildman–Crippen LogP) is 3.02. The number of alkyl halides is 2. The number of rotatable bonds is 8. The molecule has 0 amide bonds. The molecular formula is C13H27F2N3. The fraction of sp³-hybridized carbons (Fsp3) is 0.923. The van der Waals surface area contributed by atoms with Crippen LogP contribution in [0.4, 0.5) is 8.78 Å². The average Bonchev–Trinajstić information content (AvgIpc) is 2.29. The van der Waals surface area contributed by atoms with E-state index in [4.69, 9.17) is 0 Å². The molecule has 0 aliphatic heterocycles. The molecule has 0 rings (SSSR count). The smallest absolute Gasteiger partial charge is 0.255 e. The van der Waals surface area contributed by atoms with Crippen LogP contribution in [0.1, 0.15) is 46.5 Å². The lowest BCUT2D eigenvalue weighted by Gasteiger charge is -2.26. The highest BCUT2D eigenvalue weighted by molar-refractivity contribution is 5.79. The first-order valence-corrected chi connectivity index (χ1v) is 6.64. The highest BCUT2D eigenvalue weighted by atomic mass is 19.3. The lowest BCUT2D eigenvalue weighted by molar-refractivity contribution is 0.152. The van der Waals surface area contributed by atoms with Crippen molar-refractivity contribution < 1.29 is 8.78 Å². The summed E-state index contributed by atoms with van der Waals surface area (Å²) in [6.07, 6.45) is 2.41. The number of hydrogen-bond acceptors (Lipinski definition) is 1. The second-order valence-electron chi connectivity index (χ2n) is 5.32. The highest BCUT2D eigenvalue weighted by Gasteiger charge is 2.17. The van der Waals surface area contributed by atoms with E-state index in [1.807, 2.05) is 0 Å². The number of nitrogens with zero attached hydrogens (tertiary/aromatic N) is 1. The van der Waals surface area contributed by atoms with Crippen LogP contribution >= 0.6 is 0 Å². The van der Waals surface area contributed by atoms with Gasteiger partial charge in [-0.1, -0.05) is 40.0 Å². The minimum atomic E-state index is -2.36. The van der Waals surface area contributed by atoms with E-state index < -0.39 is 6.43 Å². The van der Waals surface area contributed by atoms with Gasteiger partial charge in [-0.25, -0.2) is 8.78 Å². The summed E-state index contributed by atoms with van der Waals surface area (Å²) >= 11 is 0. The molecule has 5 heteroatoms. The first kappa shape index (κ1) is 17.1. The Labute approximate surface area is 109 Å². The summed E-state index contributed by atoms with van der Waals surface area (Å²) in [6.45, 7) is 6.91. The van der Waals surface area contributed by atoms with Crippen molar-refractivity contribution in [3.05, 3.63) is 0 Å². The van der Waals surface area contributed by atoms with Gasteiger partial charge < -0.3 is 10.6 Å². The Morgan fingerprint density at radius 3 is 2.39 bits per heavy atom. The predicted molar refractivity (Wildman–Crippen MR) is 73.3 cm³/mol. The maximum atomic E-state index is 12.1. The van der Waals surface area contributed by atoms with Gasteiger partial charge in [0.15, 0.2) is 5.96 Å². The molecule has 0 aromatic carbocycles. The number of nitrogens with one attached hydrogen (secondary N) is 2. The van der Waals surface area contributed by atoms with Crippen molar-refractivity contribution in [2.75, 3.05) is 20.1 Å². The van der Waals surface area contributed by atoms with E-state index in [9.17, 15) is 8.78 Å². The third-order valence-electron chi connectivity index (χ3n) is 2.84. The summed E-state index contributed by atoms with van der Waals surface area (Å²) < 4.78 is 24.1. The largest absolute Gasteiger partial charge is 0.356 e. The van der Waals surface area contributed by atoms with Crippen LogP contribution in [0.2, 0.25) is 0 Å². The molecule has 0 aliphatic carbocycles. The Kier molecular flexibility index (Phi) is 8.67. The van der Waals surface area contributed by atoms with E-state index >= 15 is 0 Å². The van der Waals surface area contributed by atoms with Crippen LogP contribution in [0, 0.1) is 5.41 Å². The van der Waals surface area contributed by atoms with Gasteiger partial charge in [0.25, 0.3) is 6.43 Å². The molecule has 0 bridgehead atoms. The Hall–Kier alpha value is -0.870. The molecule has 0 saturated carbocycles. The maximum Gasteiger partial charge on any atom is 0.255 e. The van der Waals surface area contributed by atoms with Crippen molar-refractivity contribution in [1.82, 2.24) is 10.6 Å². The fourth-order valence-corrected chi connectivity index (χ4v) is 1.66. The van der Waals surface area contributed by atoms with E-state index in [-0.39, 0.29) is 12.0 Å². The van der Waals surface area contributed by atoms with Gasteiger partial charge in [0.05, 0.1) is 6.54 Å². The highest BCUT2D eigenvalue weighted by Crippen LogP contribution is 2.22. The molecule has 0 atom stereocenters. The van der Waals surface area contributed by atoms with Crippen LogP contribution in [0.15, 0.2) is 4.99 Å². The van der Waals surface area contributed by atoms with Gasteiger partial charge in [-0.05, 0) is 11.8 Å². The number of unbranched alkanes of at least 4 members (excludes halogenated alkanes) is 2. The molecule has 0 aliphatic rings. The molecule has 0 aromatic heterocycles. The summed E-state index contributed by atoms with van der Waals surface area (Å²) in [5.74, 6) is 0.443. The van der Waals surface area contributed by atoms with Crippen LogP contribution in [-0.4, -0.2) is 32.5 Å². The van der Waals surface area contributed by atoms with E-state index in [0.717, 1.165) is 13.0 Å². The second-order valence-corrected chi connectivity index (χ2v) is 5.32. The molecule has 0 aromatic rings. The van der Waals surface area contributed by atoms with Crippen molar-refractivity contribution in [3.8, 4) is 0 Å². The molecule has 2 N–H and O–H groups in total. The minimum absolute atomic E-state index is 0.150. The molecule has 0 radical (unpaired) electrons. The van der Waals surface area contributed by atoms with Gasteiger partial charge in [0.2, 0.25) is 0 Å². The Morgan fingerprint density at radius 2 is 1.89 bits per heavy atom. The van der Waals surface area contributed by atoms with Crippen LogP contribution < -0.4 is 10.6 Å². The van der Waals surface area contributed by atoms with Gasteiger partial charge in [-0.3, -0.25) is 4.99 Å². The number of hydrogen-bond donors (Lipinski definition) is 2. The first-order chi connectivity index (χ1) is 8.41. The Morgan fingerprint density at radius 1 is 1.22 bits per heavy atom. The number of guanidine groups is 1. The lowest BCUT2D eigenvalue weighted by atomic mass is 9.87. The molecule has 0 heterocycles. The molecule has 0 unspecified atom stereocenters. The van der Waals surface area contributed by atoms with Gasteiger partial charge in [0.1, 0.15) is 0 Å². The summed E-state index contributed by atoms with van der Waals surface area (Å²) in [5.41, 5.74) is 0.150. The van der Waals surface area contributed by atoms with Gasteiger partial charge in [0, 0.05) is 13.6 Å². The van der Waals surface area contributed by atoms with Crippen molar-refractivity contribution in [2.45, 2.75) is 52.9 Å². The SMILES string of the molecule is CCCCCC(C)(C)CNC(=NC)NCC(F)F. The van der Waals surface area contributed by atoms with Crippen molar-refractivity contribution in [3.63, 3.8) is 0 Å². The van der Waals surface area contributed by atoms with Crippen LogP contribution in [0.3, 0.4) is 0 Å². The van der Waals surface area contributed by atoms with Crippen molar-refractivity contribution >= 4 is 5.96 Å². The Balaban J connectivity index is 3.95. The first-order valence-electron chi connectivity index (χ1n) is 6.64. The molecule has 0 fully saturated rings. The molecule has 3 nitrogen and oxygen atoms in total. The standard InChI is InChI=1S/C13H27F2N3/c1-5-6-7-8-13(2,3)10-18-12(16-4)17-9-11(14)15/h11H,5-10H2,1-4H3,(H2,16,17,18). The maximum absolute atomic E-state index is 12.1. The van der Waals surface area contributed by atoms with Crippen LogP contribution in [0.5, 0.6) is 0 Å². The van der Waals surface area contributed by atoms with E-state index in [1.54, 1.807) is 7.05 Å². The summed E-state index contributed by atoms with van der Waals surface area (Å²) in [7, 11) is 1.59. The minimum Gasteiger partial charge on any atom is -0.356 e. The van der Waals surface area contributed by atoms with E-state index in [0.29, 0.717) is 5.96 Å². The molecule has 0 spiro atoms. The third kappa shape index (κ3) is 9.19. The summed E-state index contributed by atoms with van der Waals surface area (Å²) in [6, 6.07) is 0. The normalized spacial score (nSPS) is 12.9. The topological polar surface area (TPSA) is 36.4 Å². The third-order valence-corrected chi connectivity index (χ3v) is 2.84. The summed E-state index contributed by atoms with van der Waals surface area (Å²) in [5, 5.41) is 5.70. The average molecular weight is 263 g/mol. The monoisotopic (exact) mass is 263 g/mol. The molecule has 0 saturated heterocycles. The van der Waals surface area contributed by atoms with Crippen molar-refractivity contribution in [1.29, 1.82) is 0 Å². The van der Waals surface area contributed by atoms with Gasteiger partial charge in [-0.2, -0.15) is 0 Å². The number of halogens is 2. The lowest BCUT2D eigenvalue weighted by Crippen LogP contribution is -2.43. The molecule has 18 heavy (non-hydrogen) atoms. The Bertz CT molecular complexity index is 240. The van der Waals surface area contributed by atoms with Gasteiger partial charge >= 0.3 is 0 Å². The zero-order valence-electron chi connectivity index (χ0n) is 12.0. The molecule has 108 valence electrons. The zero-order chi connectivity index (χ0) is 14.0. The quantitative estimate of drug-likeness (QED) is 0.401. The van der Waals surface area contributed by atoms with Crippen molar-refractivity contribution in [2.24, 2.45) is 10.4 Å². The van der Waals surface area contributed by atoms with E-state index in [1.165, 1.54) is 19.3 Å². The van der Waals surface area contributed by atoms with E-state index in [2.05, 4.69) is 36.4 Å². The zero-order valence-corrected chi connectivity index (χ0v) is 12.0. The van der Waals surface area contributed by atoms with Gasteiger partial charge in [-0.15, -0.1) is 0 Å². The van der Waals surface area contributed by atoms with Crippen LogP contribution in [-0.2, 0) is 0 Å². The fourth-order valence-electron chi connectivity index (χ4n) is 1.66. The molecular weight excluding hydrogens is 236 g/mol. The number of aliphatic imine (C=N–C) groups is 1. The van der Waals surface area contributed by atoms with Crippen LogP contribution in [0.25, 0.3) is 0 Å².